The van der Waals surface area contributed by atoms with Gasteiger partial charge in [0.25, 0.3) is 5.91 Å². The number of rotatable bonds is 4. The molecule has 5 nitrogen and oxygen atoms in total. The number of hydrogen-bond acceptors (Lipinski definition) is 5. The van der Waals surface area contributed by atoms with Gasteiger partial charge < -0.3 is 4.74 Å². The lowest BCUT2D eigenvalue weighted by molar-refractivity contribution is -0.126. The van der Waals surface area contributed by atoms with E-state index in [1.54, 1.807) is 5.51 Å². The molecule has 0 radical (unpaired) electrons. The molecule has 0 aliphatic carbocycles. The summed E-state index contributed by atoms with van der Waals surface area (Å²) in [6.07, 6.45) is -0.639. The van der Waals surface area contributed by atoms with Gasteiger partial charge in [-0.25, -0.2) is 0 Å². The van der Waals surface area contributed by atoms with Gasteiger partial charge in [-0.15, -0.1) is 10.2 Å². The predicted octanol–water partition coefficient (Wildman–Crippen LogP) is 1.86. The topological polar surface area (TPSA) is 64.1 Å². The zero-order valence-corrected chi connectivity index (χ0v) is 9.98. The molecule has 6 heteroatoms. The fourth-order valence-corrected chi connectivity index (χ4v) is 1.87. The number of carbonyl (C=O) groups is 1. The Morgan fingerprint density at radius 1 is 1.41 bits per heavy atom. The van der Waals surface area contributed by atoms with Crippen molar-refractivity contribution < 1.29 is 9.53 Å². The second-order valence-electron chi connectivity index (χ2n) is 3.26. The van der Waals surface area contributed by atoms with Crippen LogP contribution in [0.25, 0.3) is 0 Å². The Labute approximate surface area is 102 Å². The summed E-state index contributed by atoms with van der Waals surface area (Å²) in [5, 5.41) is 10.5. The number of nitrogens with zero attached hydrogens (tertiary/aromatic N) is 2. The van der Waals surface area contributed by atoms with Crippen LogP contribution in [-0.2, 0) is 9.53 Å². The maximum atomic E-state index is 11.9. The second-order valence-corrected chi connectivity index (χ2v) is 4.09. The molecule has 0 fully saturated rings. The van der Waals surface area contributed by atoms with Gasteiger partial charge in [0.15, 0.2) is 6.10 Å². The minimum Gasteiger partial charge on any atom is -0.367 e. The third-order valence-corrected chi connectivity index (χ3v) is 2.77. The van der Waals surface area contributed by atoms with Crippen LogP contribution in [-0.4, -0.2) is 23.2 Å². The van der Waals surface area contributed by atoms with E-state index in [0.29, 0.717) is 5.13 Å². The Morgan fingerprint density at radius 3 is 2.76 bits per heavy atom. The number of ether oxygens (including phenoxy) is 1. The van der Waals surface area contributed by atoms with Crippen molar-refractivity contribution >= 4 is 22.4 Å². The van der Waals surface area contributed by atoms with Gasteiger partial charge in [-0.05, 0) is 5.56 Å². The molecule has 0 aliphatic rings. The average Bonchev–Trinajstić information content (AvgIpc) is 2.84. The maximum absolute atomic E-state index is 11.9. The van der Waals surface area contributed by atoms with E-state index in [9.17, 15) is 4.79 Å². The summed E-state index contributed by atoms with van der Waals surface area (Å²) in [5.74, 6) is -0.254. The largest absolute Gasteiger partial charge is 0.367 e. The van der Waals surface area contributed by atoms with Crippen LogP contribution in [0.5, 0.6) is 0 Å². The zero-order valence-electron chi connectivity index (χ0n) is 9.16. The predicted molar refractivity (Wildman–Crippen MR) is 64.7 cm³/mol. The first-order valence-corrected chi connectivity index (χ1v) is 5.84. The lowest BCUT2D eigenvalue weighted by atomic mass is 10.1. The zero-order chi connectivity index (χ0) is 12.1. The van der Waals surface area contributed by atoms with E-state index in [4.69, 9.17) is 4.74 Å². The van der Waals surface area contributed by atoms with Crippen LogP contribution in [0.4, 0.5) is 5.13 Å². The SMILES string of the molecule is COC(C(=O)Nc1nncs1)c1ccccc1. The number of methoxy groups -OCH3 is 1. The van der Waals surface area contributed by atoms with Crippen molar-refractivity contribution in [3.63, 3.8) is 0 Å². The Bertz CT molecular complexity index is 473. The molecule has 1 aromatic heterocycles. The van der Waals surface area contributed by atoms with Gasteiger partial charge >= 0.3 is 0 Å². The van der Waals surface area contributed by atoms with Crippen LogP contribution in [0.1, 0.15) is 11.7 Å². The van der Waals surface area contributed by atoms with E-state index >= 15 is 0 Å². The number of hydrogen-bond donors (Lipinski definition) is 1. The normalized spacial score (nSPS) is 12.1. The molecule has 88 valence electrons. The van der Waals surface area contributed by atoms with Crippen molar-refractivity contribution in [2.24, 2.45) is 0 Å². The molecule has 1 amide bonds. The quantitative estimate of drug-likeness (QED) is 0.898. The number of carbonyl (C=O) groups excluding carboxylic acids is 1. The van der Waals surface area contributed by atoms with Gasteiger partial charge in [0.1, 0.15) is 5.51 Å². The van der Waals surface area contributed by atoms with Crippen LogP contribution < -0.4 is 5.32 Å². The van der Waals surface area contributed by atoms with Crippen molar-refractivity contribution in [2.75, 3.05) is 12.4 Å². The lowest BCUT2D eigenvalue weighted by Gasteiger charge is -2.14. The summed E-state index contributed by atoms with van der Waals surface area (Å²) in [6.45, 7) is 0. The summed E-state index contributed by atoms with van der Waals surface area (Å²) in [6, 6.07) is 9.29. The number of benzene rings is 1. The Balaban J connectivity index is 2.11. The molecule has 17 heavy (non-hydrogen) atoms. The third-order valence-electron chi connectivity index (χ3n) is 2.17. The van der Waals surface area contributed by atoms with Gasteiger partial charge in [-0.1, -0.05) is 41.7 Å². The van der Waals surface area contributed by atoms with Gasteiger partial charge in [-0.2, -0.15) is 0 Å². The summed E-state index contributed by atoms with van der Waals surface area (Å²) in [5.41, 5.74) is 2.36. The fourth-order valence-electron chi connectivity index (χ4n) is 1.42. The molecule has 1 N–H and O–H groups in total. The molecule has 1 heterocycles. The van der Waals surface area contributed by atoms with Crippen LogP contribution in [0.3, 0.4) is 0 Å². The fraction of sp³-hybridized carbons (Fsp3) is 0.182. The van der Waals surface area contributed by atoms with Crippen LogP contribution in [0, 0.1) is 0 Å². The second kappa shape index (κ2) is 5.51. The molecule has 2 aromatic rings. The number of amides is 1. The number of nitrogens with one attached hydrogen (secondary N) is 1. The van der Waals surface area contributed by atoms with E-state index in [2.05, 4.69) is 15.5 Å². The highest BCUT2D eigenvalue weighted by molar-refractivity contribution is 7.13. The van der Waals surface area contributed by atoms with Crippen LogP contribution in [0.2, 0.25) is 0 Å². The first kappa shape index (κ1) is 11.7. The Kier molecular flexibility index (Phi) is 3.79. The Hall–Kier alpha value is -1.79. The molecule has 0 saturated carbocycles. The highest BCUT2D eigenvalue weighted by Crippen LogP contribution is 2.19. The summed E-state index contributed by atoms with van der Waals surface area (Å²) in [4.78, 5) is 11.9. The van der Waals surface area contributed by atoms with E-state index in [-0.39, 0.29) is 5.91 Å². The van der Waals surface area contributed by atoms with Crippen LogP contribution in [0.15, 0.2) is 35.8 Å². The summed E-state index contributed by atoms with van der Waals surface area (Å²) >= 11 is 1.26. The van der Waals surface area contributed by atoms with E-state index < -0.39 is 6.10 Å². The molecule has 0 saturated heterocycles. The molecule has 2 rings (SSSR count). The smallest absolute Gasteiger partial charge is 0.259 e. The minimum atomic E-state index is -0.639. The Morgan fingerprint density at radius 2 is 2.18 bits per heavy atom. The highest BCUT2D eigenvalue weighted by atomic mass is 32.1. The van der Waals surface area contributed by atoms with Gasteiger partial charge in [-0.3, -0.25) is 10.1 Å². The van der Waals surface area contributed by atoms with Crippen molar-refractivity contribution in [3.8, 4) is 0 Å². The van der Waals surface area contributed by atoms with Gasteiger partial charge in [0.05, 0.1) is 0 Å². The molecule has 1 aromatic carbocycles. The van der Waals surface area contributed by atoms with E-state index in [0.717, 1.165) is 5.56 Å². The van der Waals surface area contributed by atoms with E-state index in [1.807, 2.05) is 30.3 Å². The molecule has 1 atom stereocenters. The number of anilines is 1. The minimum absolute atomic E-state index is 0.254. The first-order chi connectivity index (χ1) is 8.31. The third kappa shape index (κ3) is 2.86. The average molecular weight is 249 g/mol. The van der Waals surface area contributed by atoms with Gasteiger partial charge in [0, 0.05) is 7.11 Å². The molecule has 0 spiro atoms. The van der Waals surface area contributed by atoms with Gasteiger partial charge in [0.2, 0.25) is 5.13 Å². The van der Waals surface area contributed by atoms with Crippen molar-refractivity contribution in [1.29, 1.82) is 0 Å². The molecular weight excluding hydrogens is 238 g/mol. The summed E-state index contributed by atoms with van der Waals surface area (Å²) < 4.78 is 5.19. The highest BCUT2D eigenvalue weighted by Gasteiger charge is 2.20. The molecule has 1 unspecified atom stereocenters. The summed E-state index contributed by atoms with van der Waals surface area (Å²) in [7, 11) is 1.50. The molecular formula is C11H11N3O2S. The number of aromatic nitrogens is 2. The lowest BCUT2D eigenvalue weighted by Crippen LogP contribution is -2.22. The van der Waals surface area contributed by atoms with Crippen molar-refractivity contribution in [1.82, 2.24) is 10.2 Å². The standard InChI is InChI=1S/C11H11N3O2S/c1-16-9(8-5-3-2-4-6-8)10(15)13-11-14-12-7-17-11/h2-7,9H,1H3,(H,13,14,15). The maximum Gasteiger partial charge on any atom is 0.259 e. The van der Waals surface area contributed by atoms with Crippen molar-refractivity contribution in [3.05, 3.63) is 41.4 Å². The van der Waals surface area contributed by atoms with Crippen LogP contribution >= 0.6 is 11.3 Å². The van der Waals surface area contributed by atoms with E-state index in [1.165, 1.54) is 18.4 Å². The molecule has 0 bridgehead atoms. The van der Waals surface area contributed by atoms with Crippen molar-refractivity contribution in [2.45, 2.75) is 6.10 Å². The monoisotopic (exact) mass is 249 g/mol. The molecule has 0 aliphatic heterocycles. The first-order valence-electron chi connectivity index (χ1n) is 4.96.